The molecule has 0 aromatic heterocycles. The minimum atomic E-state index is -0.170. The van der Waals surface area contributed by atoms with E-state index in [0.717, 1.165) is 12.1 Å². The largest absolute Gasteiger partial charge is 0.315 e. The zero-order valence-electron chi connectivity index (χ0n) is 9.99. The third-order valence-electron chi connectivity index (χ3n) is 2.51. The van der Waals surface area contributed by atoms with Crippen LogP contribution in [0.2, 0.25) is 0 Å². The highest BCUT2D eigenvalue weighted by atomic mass is 16.2. The van der Waals surface area contributed by atoms with E-state index in [1.807, 2.05) is 24.3 Å². The van der Waals surface area contributed by atoms with Crippen LogP contribution in [0.5, 0.6) is 0 Å². The number of nitrogens with zero attached hydrogens (tertiary/aromatic N) is 1. The van der Waals surface area contributed by atoms with Crippen LogP contribution >= 0.6 is 0 Å². The first kappa shape index (κ1) is 12.4. The molecular weight excluding hydrogens is 202 g/mol. The fourth-order valence-corrected chi connectivity index (χ4v) is 1.43. The van der Waals surface area contributed by atoms with Gasteiger partial charge >= 0.3 is 0 Å². The molecule has 0 N–H and O–H groups in total. The molecule has 0 bridgehead atoms. The Morgan fingerprint density at radius 2 is 1.75 bits per heavy atom. The fourth-order valence-electron chi connectivity index (χ4n) is 1.43. The van der Waals surface area contributed by atoms with E-state index >= 15 is 0 Å². The molecule has 1 rings (SSSR count). The zero-order chi connectivity index (χ0) is 12.1. The van der Waals surface area contributed by atoms with Crippen LogP contribution in [0.3, 0.4) is 0 Å². The molecule has 0 aliphatic heterocycles. The van der Waals surface area contributed by atoms with Crippen molar-refractivity contribution in [2.75, 3.05) is 11.9 Å². The number of aryl methyl sites for hydroxylation is 1. The first-order valence-corrected chi connectivity index (χ1v) is 5.39. The van der Waals surface area contributed by atoms with Crippen LogP contribution in [-0.4, -0.2) is 18.7 Å². The van der Waals surface area contributed by atoms with E-state index in [9.17, 15) is 9.59 Å². The molecule has 3 heteroatoms. The molecule has 0 unspecified atom stereocenters. The Bertz CT molecular complexity index is 381. The van der Waals surface area contributed by atoms with Crippen molar-refractivity contribution in [2.24, 2.45) is 0 Å². The van der Waals surface area contributed by atoms with Gasteiger partial charge in [-0.15, -0.1) is 0 Å². The Labute approximate surface area is 96.1 Å². The molecule has 0 spiro atoms. The predicted molar refractivity (Wildman–Crippen MR) is 64.5 cm³/mol. The molecule has 0 radical (unpaired) electrons. The molecule has 0 heterocycles. The topological polar surface area (TPSA) is 37.4 Å². The highest BCUT2D eigenvalue weighted by Gasteiger charge is 2.12. The Morgan fingerprint density at radius 1 is 1.19 bits per heavy atom. The normalized spacial score (nSPS) is 9.94. The first-order chi connectivity index (χ1) is 7.54. The molecule has 16 heavy (non-hydrogen) atoms. The highest BCUT2D eigenvalue weighted by molar-refractivity contribution is 6.04. The molecule has 0 aliphatic rings. The molecule has 1 aromatic carbocycles. The van der Waals surface area contributed by atoms with Gasteiger partial charge < -0.3 is 4.90 Å². The number of benzene rings is 1. The van der Waals surface area contributed by atoms with Gasteiger partial charge in [0, 0.05) is 12.7 Å². The smallest absolute Gasteiger partial charge is 0.234 e. The lowest BCUT2D eigenvalue weighted by Crippen LogP contribution is -2.27. The first-order valence-electron chi connectivity index (χ1n) is 5.39. The van der Waals surface area contributed by atoms with E-state index in [0.29, 0.717) is 0 Å². The quantitative estimate of drug-likeness (QED) is 0.728. The Morgan fingerprint density at radius 3 is 2.19 bits per heavy atom. The van der Waals surface area contributed by atoms with Gasteiger partial charge in [-0.2, -0.15) is 0 Å². The van der Waals surface area contributed by atoms with Gasteiger partial charge in [-0.05, 0) is 31.0 Å². The maximum Gasteiger partial charge on any atom is 0.234 e. The van der Waals surface area contributed by atoms with Gasteiger partial charge in [-0.25, -0.2) is 0 Å². The number of amides is 1. The van der Waals surface area contributed by atoms with E-state index in [4.69, 9.17) is 0 Å². The van der Waals surface area contributed by atoms with Crippen molar-refractivity contribution in [1.29, 1.82) is 0 Å². The molecule has 0 saturated carbocycles. The van der Waals surface area contributed by atoms with E-state index in [2.05, 4.69) is 6.92 Å². The predicted octanol–water partition coefficient (Wildman–Crippen LogP) is 2.19. The molecular formula is C13H17NO2. The monoisotopic (exact) mass is 219 g/mol. The summed E-state index contributed by atoms with van der Waals surface area (Å²) in [4.78, 5) is 24.0. The maximum absolute atomic E-state index is 11.6. The zero-order valence-corrected chi connectivity index (χ0v) is 9.99. The summed E-state index contributed by atoms with van der Waals surface area (Å²) in [6.45, 7) is 3.51. The average molecular weight is 219 g/mol. The van der Waals surface area contributed by atoms with Gasteiger partial charge in [0.1, 0.15) is 5.78 Å². The Balaban J connectivity index is 2.75. The van der Waals surface area contributed by atoms with E-state index in [-0.39, 0.29) is 18.1 Å². The van der Waals surface area contributed by atoms with Crippen molar-refractivity contribution in [3.05, 3.63) is 29.8 Å². The Kier molecular flexibility index (Phi) is 4.23. The number of hydrogen-bond donors (Lipinski definition) is 0. The fraction of sp³-hybridized carbons (Fsp3) is 0.385. The van der Waals surface area contributed by atoms with Crippen LogP contribution in [0, 0.1) is 0 Å². The Hall–Kier alpha value is -1.64. The minimum Gasteiger partial charge on any atom is -0.315 e. The van der Waals surface area contributed by atoms with Crippen molar-refractivity contribution in [2.45, 2.75) is 26.7 Å². The van der Waals surface area contributed by atoms with Crippen molar-refractivity contribution < 1.29 is 9.59 Å². The van der Waals surface area contributed by atoms with Crippen LogP contribution in [0.1, 0.15) is 25.8 Å². The number of carbonyl (C=O) groups excluding carboxylic acids is 2. The lowest BCUT2D eigenvalue weighted by Gasteiger charge is -2.16. The summed E-state index contributed by atoms with van der Waals surface area (Å²) in [5.74, 6) is -0.279. The van der Waals surface area contributed by atoms with Crippen molar-refractivity contribution in [3.63, 3.8) is 0 Å². The summed E-state index contributed by atoms with van der Waals surface area (Å²) >= 11 is 0. The van der Waals surface area contributed by atoms with Gasteiger partial charge in [0.2, 0.25) is 5.91 Å². The van der Waals surface area contributed by atoms with Gasteiger partial charge in [0.25, 0.3) is 0 Å². The minimum absolute atomic E-state index is 0.0357. The molecule has 3 nitrogen and oxygen atoms in total. The summed E-state index contributed by atoms with van der Waals surface area (Å²) in [5, 5.41) is 0. The lowest BCUT2D eigenvalue weighted by atomic mass is 10.1. The van der Waals surface area contributed by atoms with Crippen LogP contribution in [-0.2, 0) is 16.0 Å². The lowest BCUT2D eigenvalue weighted by molar-refractivity contribution is -0.125. The summed E-state index contributed by atoms with van der Waals surface area (Å²) < 4.78 is 0. The van der Waals surface area contributed by atoms with Crippen LogP contribution < -0.4 is 4.90 Å². The molecule has 0 fully saturated rings. The van der Waals surface area contributed by atoms with Crippen LogP contribution in [0.25, 0.3) is 0 Å². The van der Waals surface area contributed by atoms with Crippen LogP contribution in [0.4, 0.5) is 5.69 Å². The molecule has 0 atom stereocenters. The van der Waals surface area contributed by atoms with Crippen LogP contribution in [0.15, 0.2) is 24.3 Å². The van der Waals surface area contributed by atoms with E-state index < -0.39 is 0 Å². The summed E-state index contributed by atoms with van der Waals surface area (Å²) in [7, 11) is 1.69. The van der Waals surface area contributed by atoms with Gasteiger partial charge in [-0.3, -0.25) is 9.59 Å². The number of Topliss-reactive ketones (excluding diaryl/α,β-unsaturated/α-hetero) is 1. The second-order valence-corrected chi connectivity index (χ2v) is 3.85. The van der Waals surface area contributed by atoms with E-state index in [1.54, 1.807) is 7.05 Å². The summed E-state index contributed by atoms with van der Waals surface area (Å²) in [5.41, 5.74) is 2.06. The maximum atomic E-state index is 11.6. The molecule has 0 aliphatic carbocycles. The third kappa shape index (κ3) is 3.19. The summed E-state index contributed by atoms with van der Waals surface area (Å²) in [6.07, 6.45) is 0.942. The second-order valence-electron chi connectivity index (χ2n) is 3.85. The standard InChI is InChI=1S/C13H17NO2/c1-4-11-5-7-12(8-6-11)14(3)13(16)9-10(2)15/h5-8H,4,9H2,1-3H3. The number of rotatable bonds is 4. The third-order valence-corrected chi connectivity index (χ3v) is 2.51. The van der Waals surface area contributed by atoms with Gasteiger partial charge in [0.05, 0.1) is 6.42 Å². The molecule has 1 amide bonds. The highest BCUT2D eigenvalue weighted by Crippen LogP contribution is 2.15. The van der Waals surface area contributed by atoms with Gasteiger partial charge in [-0.1, -0.05) is 19.1 Å². The SMILES string of the molecule is CCc1ccc(N(C)C(=O)CC(C)=O)cc1. The molecule has 0 saturated heterocycles. The number of hydrogen-bond acceptors (Lipinski definition) is 2. The number of carbonyl (C=O) groups is 2. The van der Waals surface area contributed by atoms with Gasteiger partial charge in [0.15, 0.2) is 0 Å². The number of anilines is 1. The summed E-state index contributed by atoms with van der Waals surface area (Å²) in [6, 6.07) is 7.79. The molecule has 86 valence electrons. The molecule has 1 aromatic rings. The second kappa shape index (κ2) is 5.45. The average Bonchev–Trinajstić information content (AvgIpc) is 2.27. The van der Waals surface area contributed by atoms with Crippen molar-refractivity contribution in [1.82, 2.24) is 0 Å². The number of ketones is 1. The van der Waals surface area contributed by atoms with Crippen molar-refractivity contribution in [3.8, 4) is 0 Å². The van der Waals surface area contributed by atoms with Crippen molar-refractivity contribution >= 4 is 17.4 Å². The van der Waals surface area contributed by atoms with E-state index in [1.165, 1.54) is 17.4 Å².